The van der Waals surface area contributed by atoms with Gasteiger partial charge in [-0.25, -0.2) is 8.42 Å². The van der Waals surface area contributed by atoms with Crippen LogP contribution in [0.4, 0.5) is 18.9 Å². The Balaban J connectivity index is 1.96. The van der Waals surface area contributed by atoms with Crippen LogP contribution in [0.2, 0.25) is 0 Å². The standard InChI is InChI=1S/C21H19F3N2O2S/c22-21(23,24)16-29(27,28)26(15-19-9-5-11-25-14-19)20-10-4-8-18(13-20)12-17-6-2-1-3-7-17/h1-11,13-14H,12,15-16H2. The number of hydrogen-bond acceptors (Lipinski definition) is 3. The lowest BCUT2D eigenvalue weighted by atomic mass is 10.0. The van der Waals surface area contributed by atoms with Crippen LogP contribution in [-0.4, -0.2) is 25.3 Å². The number of alkyl halides is 3. The van der Waals surface area contributed by atoms with Crippen molar-refractivity contribution in [2.45, 2.75) is 19.1 Å². The van der Waals surface area contributed by atoms with Crippen LogP contribution in [0.5, 0.6) is 0 Å². The zero-order valence-electron chi connectivity index (χ0n) is 15.4. The average molecular weight is 420 g/mol. The molecule has 4 nitrogen and oxygen atoms in total. The minimum absolute atomic E-state index is 0.187. The van der Waals surface area contributed by atoms with Crippen LogP contribution in [0.3, 0.4) is 0 Å². The molecule has 0 aliphatic carbocycles. The molecule has 0 N–H and O–H groups in total. The molecule has 0 unspecified atom stereocenters. The quantitative estimate of drug-likeness (QED) is 0.563. The number of aromatic nitrogens is 1. The number of benzene rings is 2. The maximum Gasteiger partial charge on any atom is 0.404 e. The summed E-state index contributed by atoms with van der Waals surface area (Å²) in [5.74, 6) is -1.93. The number of nitrogens with zero attached hydrogens (tertiary/aromatic N) is 2. The summed E-state index contributed by atoms with van der Waals surface area (Å²) in [4.78, 5) is 3.92. The zero-order valence-corrected chi connectivity index (χ0v) is 16.2. The molecule has 0 spiro atoms. The van der Waals surface area contributed by atoms with Crippen LogP contribution < -0.4 is 4.31 Å². The van der Waals surface area contributed by atoms with Crippen LogP contribution in [0.1, 0.15) is 16.7 Å². The first kappa shape index (κ1) is 20.9. The van der Waals surface area contributed by atoms with Crippen molar-refractivity contribution in [1.82, 2.24) is 4.98 Å². The van der Waals surface area contributed by atoms with Crippen molar-refractivity contribution in [2.24, 2.45) is 0 Å². The lowest BCUT2D eigenvalue weighted by molar-refractivity contribution is -0.106. The fraction of sp³-hybridized carbons (Fsp3) is 0.190. The first-order chi connectivity index (χ1) is 13.7. The van der Waals surface area contributed by atoms with E-state index in [0.717, 1.165) is 15.4 Å². The summed E-state index contributed by atoms with van der Waals surface area (Å²) in [6.45, 7) is -0.235. The molecular weight excluding hydrogens is 401 g/mol. The average Bonchev–Trinajstić information content (AvgIpc) is 2.66. The van der Waals surface area contributed by atoms with Crippen molar-refractivity contribution in [3.05, 3.63) is 95.8 Å². The predicted molar refractivity (Wildman–Crippen MR) is 106 cm³/mol. The molecule has 0 aliphatic rings. The molecule has 0 fully saturated rings. The van der Waals surface area contributed by atoms with E-state index >= 15 is 0 Å². The fourth-order valence-corrected chi connectivity index (χ4v) is 4.30. The van der Waals surface area contributed by atoms with E-state index in [-0.39, 0.29) is 12.2 Å². The third kappa shape index (κ3) is 6.05. The largest absolute Gasteiger partial charge is 0.404 e. The van der Waals surface area contributed by atoms with Crippen LogP contribution in [-0.2, 0) is 23.0 Å². The van der Waals surface area contributed by atoms with E-state index < -0.39 is 22.0 Å². The van der Waals surface area contributed by atoms with E-state index in [0.29, 0.717) is 12.0 Å². The Kier molecular flexibility index (Phi) is 6.22. The van der Waals surface area contributed by atoms with Crippen molar-refractivity contribution in [2.75, 3.05) is 10.1 Å². The Morgan fingerprint density at radius 2 is 1.55 bits per heavy atom. The molecule has 0 saturated heterocycles. The van der Waals surface area contributed by atoms with Crippen LogP contribution in [0.15, 0.2) is 79.1 Å². The molecule has 1 aromatic heterocycles. The summed E-state index contributed by atoms with van der Waals surface area (Å²) in [5, 5.41) is 0. The Bertz CT molecular complexity index is 1040. The molecule has 0 amide bonds. The van der Waals surface area contributed by atoms with Gasteiger partial charge in [-0.1, -0.05) is 48.5 Å². The van der Waals surface area contributed by atoms with Gasteiger partial charge in [-0.3, -0.25) is 9.29 Å². The Morgan fingerprint density at radius 1 is 0.862 bits per heavy atom. The monoisotopic (exact) mass is 420 g/mol. The van der Waals surface area contributed by atoms with E-state index in [9.17, 15) is 21.6 Å². The van der Waals surface area contributed by atoms with Gasteiger partial charge < -0.3 is 0 Å². The zero-order chi connectivity index (χ0) is 20.9. The number of pyridine rings is 1. The van der Waals surface area contributed by atoms with Gasteiger partial charge in [0, 0.05) is 12.4 Å². The summed E-state index contributed by atoms with van der Waals surface area (Å²) >= 11 is 0. The smallest absolute Gasteiger partial charge is 0.265 e. The second kappa shape index (κ2) is 8.65. The molecule has 0 bridgehead atoms. The van der Waals surface area contributed by atoms with Gasteiger partial charge >= 0.3 is 6.18 Å². The maximum absolute atomic E-state index is 12.9. The van der Waals surface area contributed by atoms with E-state index in [4.69, 9.17) is 0 Å². The predicted octanol–water partition coefficient (Wildman–Crippen LogP) is 4.57. The van der Waals surface area contributed by atoms with Crippen molar-refractivity contribution in [3.8, 4) is 0 Å². The molecule has 0 aliphatic heterocycles. The van der Waals surface area contributed by atoms with Gasteiger partial charge in [0.25, 0.3) is 0 Å². The third-order valence-corrected chi connectivity index (χ3v) is 5.88. The highest BCUT2D eigenvalue weighted by Crippen LogP contribution is 2.27. The first-order valence-corrected chi connectivity index (χ1v) is 10.4. The van der Waals surface area contributed by atoms with Gasteiger partial charge in [0.2, 0.25) is 10.0 Å². The number of sulfonamides is 1. The van der Waals surface area contributed by atoms with Crippen LogP contribution >= 0.6 is 0 Å². The maximum atomic E-state index is 12.9. The van der Waals surface area contributed by atoms with Crippen LogP contribution in [0, 0.1) is 0 Å². The minimum Gasteiger partial charge on any atom is -0.265 e. The normalized spacial score (nSPS) is 12.0. The topological polar surface area (TPSA) is 50.3 Å². The highest BCUT2D eigenvalue weighted by Gasteiger charge is 2.38. The van der Waals surface area contributed by atoms with E-state index in [1.165, 1.54) is 18.5 Å². The molecular formula is C21H19F3N2O2S. The van der Waals surface area contributed by atoms with Gasteiger partial charge in [0.05, 0.1) is 12.2 Å². The Hall–Kier alpha value is -2.87. The summed E-state index contributed by atoms with van der Waals surface area (Å²) in [6, 6.07) is 19.3. The molecule has 0 atom stereocenters. The van der Waals surface area contributed by atoms with E-state index in [2.05, 4.69) is 4.98 Å². The number of rotatable bonds is 7. The van der Waals surface area contributed by atoms with Gasteiger partial charge in [-0.05, 0) is 41.3 Å². The number of anilines is 1. The highest BCUT2D eigenvalue weighted by atomic mass is 32.2. The molecule has 29 heavy (non-hydrogen) atoms. The molecule has 3 aromatic rings. The number of hydrogen-bond donors (Lipinski definition) is 0. The van der Waals surface area contributed by atoms with Gasteiger partial charge in [0.1, 0.15) is 0 Å². The molecule has 2 aromatic carbocycles. The first-order valence-electron chi connectivity index (χ1n) is 8.82. The summed E-state index contributed by atoms with van der Waals surface area (Å²) < 4.78 is 64.8. The van der Waals surface area contributed by atoms with Gasteiger partial charge in [0.15, 0.2) is 5.75 Å². The lowest BCUT2D eigenvalue weighted by Crippen LogP contribution is -2.37. The molecule has 0 radical (unpaired) electrons. The van der Waals surface area contributed by atoms with Gasteiger partial charge in [-0.2, -0.15) is 13.2 Å². The SMILES string of the molecule is O=S(=O)(CC(F)(F)F)N(Cc1cccnc1)c1cccc(Cc2ccccc2)c1. The summed E-state index contributed by atoms with van der Waals surface area (Å²) in [7, 11) is -4.64. The molecule has 3 rings (SSSR count). The summed E-state index contributed by atoms with van der Waals surface area (Å²) in [6.07, 6.45) is -1.36. The molecule has 1 heterocycles. The fourth-order valence-electron chi connectivity index (χ4n) is 2.95. The molecule has 8 heteroatoms. The Morgan fingerprint density at radius 3 is 2.21 bits per heavy atom. The van der Waals surface area contributed by atoms with Crippen molar-refractivity contribution >= 4 is 15.7 Å². The minimum atomic E-state index is -4.84. The van der Waals surface area contributed by atoms with E-state index in [1.807, 2.05) is 36.4 Å². The van der Waals surface area contributed by atoms with Crippen LogP contribution in [0.25, 0.3) is 0 Å². The molecule has 152 valence electrons. The third-order valence-electron chi connectivity index (χ3n) is 4.18. The molecule has 0 saturated carbocycles. The highest BCUT2D eigenvalue weighted by molar-refractivity contribution is 7.92. The summed E-state index contributed by atoms with van der Waals surface area (Å²) in [5.41, 5.74) is 2.49. The Labute approximate surface area is 167 Å². The van der Waals surface area contributed by atoms with E-state index in [1.54, 1.807) is 24.3 Å². The van der Waals surface area contributed by atoms with Crippen molar-refractivity contribution in [1.29, 1.82) is 0 Å². The second-order valence-electron chi connectivity index (χ2n) is 6.57. The second-order valence-corrected chi connectivity index (χ2v) is 8.46. The van der Waals surface area contributed by atoms with Gasteiger partial charge in [-0.15, -0.1) is 0 Å². The number of halogens is 3. The van der Waals surface area contributed by atoms with Crippen molar-refractivity contribution < 1.29 is 21.6 Å². The van der Waals surface area contributed by atoms with Crippen molar-refractivity contribution in [3.63, 3.8) is 0 Å². The lowest BCUT2D eigenvalue weighted by Gasteiger charge is -2.25.